The minimum atomic E-state index is -4.25. The van der Waals surface area contributed by atoms with Crippen molar-refractivity contribution in [3.63, 3.8) is 0 Å². The number of amides is 2. The molecule has 0 unspecified atom stereocenters. The maximum atomic E-state index is 12.9. The van der Waals surface area contributed by atoms with Gasteiger partial charge in [0, 0.05) is 12.1 Å². The van der Waals surface area contributed by atoms with Crippen molar-refractivity contribution in [2.75, 3.05) is 0 Å². The van der Waals surface area contributed by atoms with Gasteiger partial charge in [0.2, 0.25) is 0 Å². The fourth-order valence-corrected chi connectivity index (χ4v) is 5.69. The molecule has 2 amide bonds. The lowest BCUT2D eigenvalue weighted by Crippen LogP contribution is -2.27. The van der Waals surface area contributed by atoms with Crippen LogP contribution in [0.15, 0.2) is 81.0 Å². The Kier molecular flexibility index (Phi) is 7.29. The number of nitro benzene ring substituents is 1. The highest BCUT2D eigenvalue weighted by Gasteiger charge is 2.35. The van der Waals surface area contributed by atoms with Gasteiger partial charge >= 0.3 is 10.1 Å². The van der Waals surface area contributed by atoms with Crippen LogP contribution in [0.1, 0.15) is 16.7 Å². The molecule has 0 aliphatic carbocycles. The summed E-state index contributed by atoms with van der Waals surface area (Å²) in [5.74, 6) is -0.427. The van der Waals surface area contributed by atoms with E-state index in [1.807, 2.05) is 31.2 Å². The van der Waals surface area contributed by atoms with Gasteiger partial charge in [-0.3, -0.25) is 24.6 Å². The molecule has 0 bridgehead atoms. The lowest BCUT2D eigenvalue weighted by atomic mass is 10.1. The van der Waals surface area contributed by atoms with E-state index in [-0.39, 0.29) is 33.0 Å². The molecule has 1 aliphatic rings. The van der Waals surface area contributed by atoms with Gasteiger partial charge < -0.3 is 4.18 Å². The topological polar surface area (TPSA) is 124 Å². The summed E-state index contributed by atoms with van der Waals surface area (Å²) < 4.78 is 30.6. The molecule has 12 heteroatoms. The van der Waals surface area contributed by atoms with Crippen LogP contribution >= 0.6 is 27.7 Å². The number of thioether (sulfide) groups is 1. The first-order chi connectivity index (χ1) is 17.0. The van der Waals surface area contributed by atoms with Crippen LogP contribution in [0.4, 0.5) is 10.5 Å². The van der Waals surface area contributed by atoms with Gasteiger partial charge in [-0.05, 0) is 81.6 Å². The zero-order valence-electron chi connectivity index (χ0n) is 18.6. The van der Waals surface area contributed by atoms with Crippen LogP contribution in [0.25, 0.3) is 6.08 Å². The summed E-state index contributed by atoms with van der Waals surface area (Å²) in [7, 11) is -4.25. The maximum Gasteiger partial charge on any atom is 0.339 e. The van der Waals surface area contributed by atoms with Crippen LogP contribution in [0.5, 0.6) is 5.75 Å². The molecular weight excluding hydrogens is 572 g/mol. The third-order valence-corrected chi connectivity index (χ3v) is 8.03. The van der Waals surface area contributed by atoms with Crippen molar-refractivity contribution >= 4 is 60.7 Å². The van der Waals surface area contributed by atoms with Crippen molar-refractivity contribution in [3.05, 3.63) is 103 Å². The first kappa shape index (κ1) is 25.6. The molecule has 1 heterocycles. The van der Waals surface area contributed by atoms with Crippen molar-refractivity contribution in [2.24, 2.45) is 0 Å². The van der Waals surface area contributed by atoms with Gasteiger partial charge in [-0.25, -0.2) is 0 Å². The molecule has 1 saturated heterocycles. The Morgan fingerprint density at radius 3 is 2.42 bits per heavy atom. The van der Waals surface area contributed by atoms with E-state index in [0.29, 0.717) is 10.0 Å². The molecule has 36 heavy (non-hydrogen) atoms. The van der Waals surface area contributed by atoms with E-state index in [1.54, 1.807) is 18.2 Å². The van der Waals surface area contributed by atoms with Crippen molar-refractivity contribution in [1.82, 2.24) is 4.90 Å². The largest absolute Gasteiger partial charge is 0.378 e. The van der Waals surface area contributed by atoms with Gasteiger partial charge in [0.15, 0.2) is 5.75 Å². The molecule has 184 valence electrons. The predicted molar refractivity (Wildman–Crippen MR) is 138 cm³/mol. The highest BCUT2D eigenvalue weighted by Crippen LogP contribution is 2.35. The van der Waals surface area contributed by atoms with Crippen LogP contribution < -0.4 is 4.18 Å². The van der Waals surface area contributed by atoms with Crippen molar-refractivity contribution in [3.8, 4) is 5.75 Å². The number of carbonyl (C=O) groups is 2. The number of imide groups is 1. The molecule has 0 saturated carbocycles. The molecule has 4 rings (SSSR count). The Morgan fingerprint density at radius 2 is 1.78 bits per heavy atom. The van der Waals surface area contributed by atoms with E-state index in [9.17, 15) is 28.1 Å². The molecule has 3 aromatic carbocycles. The Hall–Kier alpha value is -3.48. The number of hydrogen-bond donors (Lipinski definition) is 0. The fraction of sp³-hybridized carbons (Fsp3) is 0.0833. The number of rotatable bonds is 7. The third-order valence-electron chi connectivity index (χ3n) is 5.25. The molecule has 0 atom stereocenters. The SMILES string of the molecule is Cc1ccccc1CN1C(=O)S/C(=C\c2ccc(OS(=O)(=O)c3ccc([N+](=O)[O-])cc3)c(Br)c2)C1=O. The zero-order valence-corrected chi connectivity index (χ0v) is 21.8. The normalized spacial score (nSPS) is 14.9. The first-order valence-corrected chi connectivity index (χ1v) is 13.4. The number of carbonyl (C=O) groups excluding carboxylic acids is 2. The van der Waals surface area contributed by atoms with E-state index in [0.717, 1.165) is 47.2 Å². The summed E-state index contributed by atoms with van der Waals surface area (Å²) in [6.45, 7) is 2.08. The van der Waals surface area contributed by atoms with E-state index in [2.05, 4.69) is 15.9 Å². The standard InChI is InChI=1S/C24H17BrN2O7S2/c1-15-4-2-3-5-17(15)14-26-23(28)22(35-24(26)29)13-16-6-11-21(20(25)12-16)34-36(32,33)19-9-7-18(8-10-19)27(30)31/h2-13H,14H2,1H3/b22-13-. The highest BCUT2D eigenvalue weighted by atomic mass is 79.9. The summed E-state index contributed by atoms with van der Waals surface area (Å²) in [6.07, 6.45) is 1.54. The van der Waals surface area contributed by atoms with Gasteiger partial charge in [-0.1, -0.05) is 30.3 Å². The molecule has 3 aromatic rings. The Labute approximate surface area is 219 Å². The summed E-state index contributed by atoms with van der Waals surface area (Å²) in [6, 6.07) is 16.3. The Bertz CT molecular complexity index is 1520. The second-order valence-electron chi connectivity index (χ2n) is 7.67. The number of benzene rings is 3. The second-order valence-corrected chi connectivity index (χ2v) is 11.1. The third kappa shape index (κ3) is 5.50. The van der Waals surface area contributed by atoms with Crippen LogP contribution in [0.2, 0.25) is 0 Å². The van der Waals surface area contributed by atoms with Crippen molar-refractivity contribution in [1.29, 1.82) is 0 Å². The smallest absolute Gasteiger partial charge is 0.339 e. The van der Waals surface area contributed by atoms with Crippen LogP contribution in [-0.4, -0.2) is 29.4 Å². The molecule has 0 N–H and O–H groups in total. The fourth-order valence-electron chi connectivity index (χ4n) is 3.32. The van der Waals surface area contributed by atoms with Gasteiger partial charge in [0.1, 0.15) is 4.90 Å². The molecule has 9 nitrogen and oxygen atoms in total. The molecule has 0 radical (unpaired) electrons. The van der Waals surface area contributed by atoms with Crippen LogP contribution in [0, 0.1) is 17.0 Å². The maximum absolute atomic E-state index is 12.9. The molecule has 1 fully saturated rings. The van der Waals surface area contributed by atoms with Gasteiger partial charge in [0.25, 0.3) is 16.8 Å². The number of halogens is 1. The van der Waals surface area contributed by atoms with E-state index in [1.165, 1.54) is 11.0 Å². The minimum absolute atomic E-state index is 0.0156. The quantitative estimate of drug-likeness (QED) is 0.150. The molecule has 1 aliphatic heterocycles. The Balaban J connectivity index is 1.51. The average Bonchev–Trinajstić information content (AvgIpc) is 3.09. The molecular formula is C24H17BrN2O7S2. The van der Waals surface area contributed by atoms with E-state index < -0.39 is 20.9 Å². The van der Waals surface area contributed by atoms with Gasteiger partial charge in [-0.2, -0.15) is 8.42 Å². The number of non-ortho nitro benzene ring substituents is 1. The predicted octanol–water partition coefficient (Wildman–Crippen LogP) is 5.67. The Morgan fingerprint density at radius 1 is 1.08 bits per heavy atom. The number of aryl methyl sites for hydroxylation is 1. The number of nitro groups is 1. The summed E-state index contributed by atoms with van der Waals surface area (Å²) in [4.78, 5) is 36.6. The van der Waals surface area contributed by atoms with Crippen molar-refractivity contribution in [2.45, 2.75) is 18.4 Å². The lowest BCUT2D eigenvalue weighted by molar-refractivity contribution is -0.384. The van der Waals surface area contributed by atoms with Crippen LogP contribution in [-0.2, 0) is 21.5 Å². The van der Waals surface area contributed by atoms with Gasteiger partial charge in [0.05, 0.1) is 20.8 Å². The number of nitrogens with zero attached hydrogens (tertiary/aromatic N) is 2. The van der Waals surface area contributed by atoms with Crippen molar-refractivity contribution < 1.29 is 27.1 Å². The first-order valence-electron chi connectivity index (χ1n) is 10.3. The summed E-state index contributed by atoms with van der Waals surface area (Å²) >= 11 is 4.10. The second kappa shape index (κ2) is 10.2. The summed E-state index contributed by atoms with van der Waals surface area (Å²) in [5.41, 5.74) is 2.15. The molecule has 0 spiro atoms. The number of hydrogen-bond acceptors (Lipinski definition) is 8. The van der Waals surface area contributed by atoms with Crippen LogP contribution in [0.3, 0.4) is 0 Å². The van der Waals surface area contributed by atoms with E-state index in [4.69, 9.17) is 4.18 Å². The zero-order chi connectivity index (χ0) is 26.0. The summed E-state index contributed by atoms with van der Waals surface area (Å²) in [5, 5.41) is 10.4. The average molecular weight is 589 g/mol. The lowest BCUT2D eigenvalue weighted by Gasteiger charge is -2.14. The van der Waals surface area contributed by atoms with E-state index >= 15 is 0 Å². The monoisotopic (exact) mass is 588 g/mol. The van der Waals surface area contributed by atoms with Gasteiger partial charge in [-0.15, -0.1) is 0 Å². The minimum Gasteiger partial charge on any atom is -0.378 e. The molecule has 0 aromatic heterocycles. The highest BCUT2D eigenvalue weighted by molar-refractivity contribution is 9.10.